The van der Waals surface area contributed by atoms with Gasteiger partial charge < -0.3 is 24.4 Å². The number of hydroxylamine groups is 2. The van der Waals surface area contributed by atoms with Gasteiger partial charge in [0.1, 0.15) is 0 Å². The Morgan fingerprint density at radius 3 is 2.05 bits per heavy atom. The number of nitrogens with zero attached hydrogens (tertiary/aromatic N) is 5. The van der Waals surface area contributed by atoms with Gasteiger partial charge in [0, 0.05) is 24.9 Å². The van der Waals surface area contributed by atoms with Crippen molar-refractivity contribution in [2.24, 2.45) is 0 Å². The maximum atomic E-state index is 12.1. The van der Waals surface area contributed by atoms with Crippen molar-refractivity contribution in [3.63, 3.8) is 0 Å². The number of hydrogen-bond donors (Lipinski definition) is 1. The first kappa shape index (κ1) is 28.7. The predicted octanol–water partition coefficient (Wildman–Crippen LogP) is -0.0522. The van der Waals surface area contributed by atoms with Gasteiger partial charge in [0.25, 0.3) is 11.8 Å². The summed E-state index contributed by atoms with van der Waals surface area (Å²) < 4.78 is 16.0. The van der Waals surface area contributed by atoms with Crippen molar-refractivity contribution in [1.29, 1.82) is 0 Å². The lowest BCUT2D eigenvalue weighted by Crippen LogP contribution is -2.32. The first-order chi connectivity index (χ1) is 18.4. The van der Waals surface area contributed by atoms with E-state index in [0.29, 0.717) is 49.7 Å². The molecule has 0 aliphatic carbocycles. The van der Waals surface area contributed by atoms with E-state index in [4.69, 9.17) is 19.0 Å². The highest BCUT2D eigenvalue weighted by molar-refractivity contribution is 6.01. The minimum Gasteiger partial charge on any atom is -0.378 e. The Kier molecular flexibility index (Phi) is 11.6. The normalized spacial score (nSPS) is 13.1. The molecule has 1 N–H and O–H groups in total. The molecule has 1 saturated heterocycles. The molecule has 14 heteroatoms. The van der Waals surface area contributed by atoms with Gasteiger partial charge in [-0.25, -0.2) is 4.79 Å². The minimum atomic E-state index is -0.711. The first-order valence-electron chi connectivity index (χ1n) is 12.1. The van der Waals surface area contributed by atoms with E-state index in [1.807, 2.05) is 24.3 Å². The van der Waals surface area contributed by atoms with Crippen LogP contribution < -0.4 is 5.32 Å². The van der Waals surface area contributed by atoms with Crippen LogP contribution >= 0.6 is 0 Å². The molecule has 0 spiro atoms. The van der Waals surface area contributed by atoms with Crippen LogP contribution in [0, 0.1) is 6.92 Å². The van der Waals surface area contributed by atoms with E-state index >= 15 is 0 Å². The number of ether oxygens (including phenoxy) is 3. The average Bonchev–Trinajstić information content (AvgIpc) is 3.22. The van der Waals surface area contributed by atoms with E-state index in [1.165, 1.54) is 0 Å². The molecule has 0 atom stereocenters. The van der Waals surface area contributed by atoms with Crippen LogP contribution in [0.1, 0.15) is 30.7 Å². The van der Waals surface area contributed by atoms with Crippen molar-refractivity contribution in [3.8, 4) is 11.4 Å². The molecule has 0 saturated carbocycles. The quantitative estimate of drug-likeness (QED) is 0.227. The van der Waals surface area contributed by atoms with E-state index in [1.54, 1.807) is 6.92 Å². The van der Waals surface area contributed by atoms with Crippen molar-refractivity contribution >= 4 is 23.7 Å². The van der Waals surface area contributed by atoms with Crippen LogP contribution in [0.25, 0.3) is 11.4 Å². The number of rotatable bonds is 16. The standard InChI is InChI=1S/C24H30N6O8/c1-17-26-28-24(29-27-17)19-4-2-18(3-5-19)16-20(31)25-9-11-36-13-15-37-14-12-35-10-8-23(34)38-30-21(32)6-7-22(30)33/h2-5H,6-16H2,1H3,(H,25,31). The van der Waals surface area contributed by atoms with Crippen molar-refractivity contribution in [3.05, 3.63) is 35.7 Å². The summed E-state index contributed by atoms with van der Waals surface area (Å²) in [5.74, 6) is -0.944. The molecule has 3 rings (SSSR count). The highest BCUT2D eigenvalue weighted by Crippen LogP contribution is 2.14. The topological polar surface area (TPSA) is 172 Å². The summed E-state index contributed by atoms with van der Waals surface area (Å²) in [4.78, 5) is 51.2. The summed E-state index contributed by atoms with van der Waals surface area (Å²) >= 11 is 0. The number of hydrogen-bond acceptors (Lipinski definition) is 12. The summed E-state index contributed by atoms with van der Waals surface area (Å²) in [5, 5.41) is 19.1. The number of carbonyl (C=O) groups excluding carboxylic acids is 4. The number of amides is 3. The third-order valence-electron chi connectivity index (χ3n) is 5.12. The molecule has 14 nitrogen and oxygen atoms in total. The van der Waals surface area contributed by atoms with Crippen LogP contribution in [0.2, 0.25) is 0 Å². The molecule has 1 aromatic heterocycles. The highest BCUT2D eigenvalue weighted by Gasteiger charge is 2.32. The lowest BCUT2D eigenvalue weighted by molar-refractivity contribution is -0.198. The molecule has 2 heterocycles. The van der Waals surface area contributed by atoms with E-state index in [0.717, 1.165) is 11.1 Å². The second-order valence-corrected chi connectivity index (χ2v) is 8.13. The molecular formula is C24H30N6O8. The molecule has 1 aliphatic rings. The minimum absolute atomic E-state index is 0.0523. The summed E-state index contributed by atoms with van der Waals surface area (Å²) in [6.07, 6.45) is 0.253. The van der Waals surface area contributed by atoms with Crippen LogP contribution in [0.5, 0.6) is 0 Å². The zero-order valence-corrected chi connectivity index (χ0v) is 21.1. The Morgan fingerprint density at radius 1 is 0.842 bits per heavy atom. The number of aromatic nitrogens is 4. The maximum absolute atomic E-state index is 12.1. The van der Waals surface area contributed by atoms with E-state index < -0.39 is 17.8 Å². The molecule has 1 fully saturated rings. The molecule has 204 valence electrons. The van der Waals surface area contributed by atoms with Crippen LogP contribution in [-0.4, -0.2) is 95.3 Å². The zero-order valence-electron chi connectivity index (χ0n) is 21.1. The van der Waals surface area contributed by atoms with Gasteiger partial charge >= 0.3 is 5.97 Å². The van der Waals surface area contributed by atoms with Gasteiger partial charge in [-0.05, 0) is 12.5 Å². The van der Waals surface area contributed by atoms with Gasteiger partial charge in [0.05, 0.1) is 52.5 Å². The summed E-state index contributed by atoms with van der Waals surface area (Å²) in [6.45, 7) is 3.78. The lowest BCUT2D eigenvalue weighted by Gasteiger charge is -2.12. The Morgan fingerprint density at radius 2 is 1.42 bits per heavy atom. The molecule has 1 aliphatic heterocycles. The lowest BCUT2D eigenvalue weighted by atomic mass is 10.1. The zero-order chi connectivity index (χ0) is 27.2. The predicted molar refractivity (Wildman–Crippen MR) is 129 cm³/mol. The maximum Gasteiger partial charge on any atom is 0.335 e. The molecule has 3 amide bonds. The second kappa shape index (κ2) is 15.4. The number of aryl methyl sites for hydroxylation is 1. The fraction of sp³-hybridized carbons (Fsp3) is 0.500. The van der Waals surface area contributed by atoms with E-state index in [-0.39, 0.29) is 44.8 Å². The fourth-order valence-corrected chi connectivity index (χ4v) is 3.18. The van der Waals surface area contributed by atoms with Gasteiger partial charge in [-0.15, -0.1) is 25.5 Å². The molecule has 1 aromatic carbocycles. The third kappa shape index (κ3) is 9.88. The van der Waals surface area contributed by atoms with E-state index in [2.05, 4.69) is 25.7 Å². The number of nitrogens with one attached hydrogen (secondary N) is 1. The van der Waals surface area contributed by atoms with E-state index in [9.17, 15) is 19.2 Å². The van der Waals surface area contributed by atoms with Gasteiger partial charge in [0.15, 0.2) is 5.82 Å². The van der Waals surface area contributed by atoms with Crippen molar-refractivity contribution in [2.45, 2.75) is 32.6 Å². The highest BCUT2D eigenvalue weighted by atomic mass is 16.7. The Labute approximate surface area is 219 Å². The van der Waals surface area contributed by atoms with Gasteiger partial charge in [0.2, 0.25) is 11.7 Å². The van der Waals surface area contributed by atoms with Gasteiger partial charge in [-0.1, -0.05) is 24.3 Å². The van der Waals surface area contributed by atoms with Crippen LogP contribution in [0.15, 0.2) is 24.3 Å². The SMILES string of the molecule is Cc1nnc(-c2ccc(CC(=O)NCCOCCOCCOCCC(=O)ON3C(=O)CCC3=O)cc2)nn1. The molecule has 0 radical (unpaired) electrons. The Bertz CT molecular complexity index is 1060. The van der Waals surface area contributed by atoms with Crippen molar-refractivity contribution < 1.29 is 38.2 Å². The number of carbonyl (C=O) groups is 4. The van der Waals surface area contributed by atoms with Gasteiger partial charge in [-0.2, -0.15) is 0 Å². The molecule has 0 bridgehead atoms. The monoisotopic (exact) mass is 530 g/mol. The molecule has 38 heavy (non-hydrogen) atoms. The van der Waals surface area contributed by atoms with Crippen molar-refractivity contribution in [2.75, 3.05) is 46.2 Å². The third-order valence-corrected chi connectivity index (χ3v) is 5.12. The smallest absolute Gasteiger partial charge is 0.335 e. The van der Waals surface area contributed by atoms with Gasteiger partial charge in [-0.3, -0.25) is 14.4 Å². The van der Waals surface area contributed by atoms with Crippen LogP contribution in [-0.2, 0) is 44.6 Å². The Hall–Kier alpha value is -3.88. The molecular weight excluding hydrogens is 500 g/mol. The fourth-order valence-electron chi connectivity index (χ4n) is 3.18. The first-order valence-corrected chi connectivity index (χ1v) is 12.1. The second-order valence-electron chi connectivity index (χ2n) is 8.13. The molecule has 0 unspecified atom stereocenters. The largest absolute Gasteiger partial charge is 0.378 e. The van der Waals surface area contributed by atoms with Crippen LogP contribution in [0.4, 0.5) is 0 Å². The average molecular weight is 531 g/mol. The summed E-state index contributed by atoms with van der Waals surface area (Å²) in [7, 11) is 0. The van der Waals surface area contributed by atoms with Crippen LogP contribution in [0.3, 0.4) is 0 Å². The number of benzene rings is 1. The molecule has 2 aromatic rings. The summed E-state index contributed by atoms with van der Waals surface area (Å²) in [5.41, 5.74) is 1.62. The number of imide groups is 1. The van der Waals surface area contributed by atoms with Crippen molar-refractivity contribution in [1.82, 2.24) is 30.8 Å². The Balaban J connectivity index is 1.13. The summed E-state index contributed by atoms with van der Waals surface area (Å²) in [6, 6.07) is 7.31.